The third kappa shape index (κ3) is 3.84. The molecule has 3 rings (SSSR count). The number of alkyl halides is 3. The first kappa shape index (κ1) is 17.9. The van der Waals surface area contributed by atoms with Crippen molar-refractivity contribution in [2.45, 2.75) is 19.1 Å². The molecule has 0 saturated carbocycles. The SMILES string of the molecule is C=C(F)C(=O)N1CCc2ccc(Oc3ccc(C(F)(F)F)nc3)cc2C1. The van der Waals surface area contributed by atoms with E-state index in [0.717, 1.165) is 23.4 Å². The molecule has 4 nitrogen and oxygen atoms in total. The third-order valence-electron chi connectivity index (χ3n) is 3.97. The van der Waals surface area contributed by atoms with E-state index in [4.69, 9.17) is 4.74 Å². The zero-order valence-corrected chi connectivity index (χ0v) is 13.5. The summed E-state index contributed by atoms with van der Waals surface area (Å²) in [5.74, 6) is -1.23. The van der Waals surface area contributed by atoms with Crippen LogP contribution in [0.1, 0.15) is 16.8 Å². The number of nitrogens with zero attached hydrogens (tertiary/aromatic N) is 2. The van der Waals surface area contributed by atoms with Crippen molar-refractivity contribution in [3.8, 4) is 11.5 Å². The molecule has 0 spiro atoms. The van der Waals surface area contributed by atoms with Gasteiger partial charge < -0.3 is 9.64 Å². The average molecular weight is 366 g/mol. The standard InChI is InChI=1S/C18H14F4N2O2/c1-11(19)17(25)24-7-6-12-2-3-14(8-13(12)10-24)26-15-4-5-16(23-9-15)18(20,21)22/h2-5,8-9H,1,6-7,10H2. The lowest BCUT2D eigenvalue weighted by Gasteiger charge is -2.28. The maximum absolute atomic E-state index is 13.0. The molecule has 0 radical (unpaired) electrons. The molecule has 0 bridgehead atoms. The Morgan fingerprint density at radius 2 is 1.88 bits per heavy atom. The largest absolute Gasteiger partial charge is 0.456 e. The molecule has 8 heteroatoms. The summed E-state index contributed by atoms with van der Waals surface area (Å²) in [6.07, 6.45) is -2.96. The van der Waals surface area contributed by atoms with Crippen molar-refractivity contribution in [3.05, 3.63) is 65.8 Å². The summed E-state index contributed by atoms with van der Waals surface area (Å²) in [6, 6.07) is 7.18. The van der Waals surface area contributed by atoms with Crippen LogP contribution in [0.3, 0.4) is 0 Å². The Hall–Kier alpha value is -2.90. The molecule has 26 heavy (non-hydrogen) atoms. The minimum Gasteiger partial charge on any atom is -0.456 e. The molecule has 1 aliphatic rings. The number of amides is 1. The summed E-state index contributed by atoms with van der Waals surface area (Å²) in [5.41, 5.74) is 0.774. The van der Waals surface area contributed by atoms with E-state index in [9.17, 15) is 22.4 Å². The van der Waals surface area contributed by atoms with Gasteiger partial charge >= 0.3 is 6.18 Å². The first-order valence-corrected chi connectivity index (χ1v) is 7.70. The van der Waals surface area contributed by atoms with Gasteiger partial charge in [0.05, 0.1) is 6.20 Å². The average Bonchev–Trinajstić information content (AvgIpc) is 2.60. The van der Waals surface area contributed by atoms with Gasteiger partial charge in [-0.25, -0.2) is 9.37 Å². The first-order chi connectivity index (χ1) is 12.2. The van der Waals surface area contributed by atoms with E-state index < -0.39 is 23.6 Å². The quantitative estimate of drug-likeness (QED) is 0.602. The van der Waals surface area contributed by atoms with E-state index in [-0.39, 0.29) is 12.3 Å². The number of pyridine rings is 1. The number of halogens is 4. The monoisotopic (exact) mass is 366 g/mol. The van der Waals surface area contributed by atoms with E-state index in [0.29, 0.717) is 18.7 Å². The van der Waals surface area contributed by atoms with Gasteiger partial charge in [0.25, 0.3) is 5.91 Å². The molecule has 0 fully saturated rings. The van der Waals surface area contributed by atoms with Crippen LogP contribution < -0.4 is 4.74 Å². The zero-order chi connectivity index (χ0) is 18.9. The lowest BCUT2D eigenvalue weighted by Crippen LogP contribution is -2.36. The van der Waals surface area contributed by atoms with Gasteiger partial charge in [-0.15, -0.1) is 0 Å². The van der Waals surface area contributed by atoms with Crippen molar-refractivity contribution in [1.82, 2.24) is 9.88 Å². The van der Waals surface area contributed by atoms with Crippen LogP contribution >= 0.6 is 0 Å². The van der Waals surface area contributed by atoms with Gasteiger partial charge in [-0.05, 0) is 41.8 Å². The highest BCUT2D eigenvalue weighted by Gasteiger charge is 2.32. The number of rotatable bonds is 3. The maximum Gasteiger partial charge on any atom is 0.433 e. The molecule has 0 saturated heterocycles. The molecule has 2 aromatic rings. The van der Waals surface area contributed by atoms with Crippen molar-refractivity contribution in [2.75, 3.05) is 6.54 Å². The highest BCUT2D eigenvalue weighted by molar-refractivity contribution is 5.90. The lowest BCUT2D eigenvalue weighted by atomic mass is 9.99. The van der Waals surface area contributed by atoms with Gasteiger partial charge in [-0.1, -0.05) is 12.6 Å². The first-order valence-electron chi connectivity index (χ1n) is 7.70. The van der Waals surface area contributed by atoms with E-state index >= 15 is 0 Å². The van der Waals surface area contributed by atoms with Crippen molar-refractivity contribution < 1.29 is 27.1 Å². The molecule has 1 aromatic carbocycles. The maximum atomic E-state index is 13.0. The second kappa shape index (κ2) is 6.78. The summed E-state index contributed by atoms with van der Waals surface area (Å²) in [4.78, 5) is 16.4. The van der Waals surface area contributed by atoms with E-state index in [2.05, 4.69) is 11.6 Å². The van der Waals surface area contributed by atoms with Gasteiger partial charge in [0.2, 0.25) is 0 Å². The molecule has 0 atom stereocenters. The number of carbonyl (C=O) groups is 1. The zero-order valence-electron chi connectivity index (χ0n) is 13.5. The molecule has 136 valence electrons. The number of benzene rings is 1. The lowest BCUT2D eigenvalue weighted by molar-refractivity contribution is -0.141. The fraction of sp³-hybridized carbons (Fsp3) is 0.222. The van der Waals surface area contributed by atoms with Crippen molar-refractivity contribution in [1.29, 1.82) is 0 Å². The number of aromatic nitrogens is 1. The molecule has 0 N–H and O–H groups in total. The van der Waals surface area contributed by atoms with Crippen LogP contribution in [0.4, 0.5) is 17.6 Å². The second-order valence-electron chi connectivity index (χ2n) is 5.79. The minimum atomic E-state index is -4.51. The van der Waals surface area contributed by atoms with Crippen LogP contribution in [-0.2, 0) is 23.9 Å². The third-order valence-corrected chi connectivity index (χ3v) is 3.97. The predicted molar refractivity (Wildman–Crippen MR) is 85.1 cm³/mol. The Kier molecular flexibility index (Phi) is 4.67. The Morgan fingerprint density at radius 1 is 1.15 bits per heavy atom. The van der Waals surface area contributed by atoms with E-state index in [1.165, 1.54) is 11.0 Å². The van der Waals surface area contributed by atoms with Crippen LogP contribution in [-0.4, -0.2) is 22.3 Å². The van der Waals surface area contributed by atoms with Crippen LogP contribution in [0.2, 0.25) is 0 Å². The number of hydrogen-bond acceptors (Lipinski definition) is 3. The van der Waals surface area contributed by atoms with Crippen LogP contribution in [0.15, 0.2) is 48.9 Å². The Bertz CT molecular complexity index is 847. The molecular formula is C18H14F4N2O2. The summed E-state index contributed by atoms with van der Waals surface area (Å²) < 4.78 is 56.1. The van der Waals surface area contributed by atoms with Crippen molar-refractivity contribution >= 4 is 5.91 Å². The topological polar surface area (TPSA) is 42.4 Å². The summed E-state index contributed by atoms with van der Waals surface area (Å²) in [6.45, 7) is 3.61. The Morgan fingerprint density at radius 3 is 2.50 bits per heavy atom. The molecule has 0 aliphatic carbocycles. The van der Waals surface area contributed by atoms with E-state index in [1.54, 1.807) is 12.1 Å². The smallest absolute Gasteiger partial charge is 0.433 e. The normalized spacial score (nSPS) is 13.9. The van der Waals surface area contributed by atoms with Gasteiger partial charge in [0.1, 0.15) is 17.2 Å². The molecule has 0 unspecified atom stereocenters. The van der Waals surface area contributed by atoms with E-state index in [1.807, 2.05) is 6.07 Å². The summed E-state index contributed by atoms with van der Waals surface area (Å²) >= 11 is 0. The van der Waals surface area contributed by atoms with Crippen molar-refractivity contribution in [3.63, 3.8) is 0 Å². The molecule has 1 amide bonds. The molecule has 1 aromatic heterocycles. The van der Waals surface area contributed by atoms with Crippen LogP contribution in [0.5, 0.6) is 11.5 Å². The number of ether oxygens (including phenoxy) is 1. The van der Waals surface area contributed by atoms with Gasteiger partial charge in [-0.2, -0.15) is 13.2 Å². The molecule has 1 aliphatic heterocycles. The number of carbonyl (C=O) groups excluding carboxylic acids is 1. The minimum absolute atomic E-state index is 0.152. The molecule has 2 heterocycles. The van der Waals surface area contributed by atoms with Gasteiger partial charge in [0.15, 0.2) is 5.83 Å². The highest BCUT2D eigenvalue weighted by Crippen LogP contribution is 2.31. The van der Waals surface area contributed by atoms with Gasteiger partial charge in [-0.3, -0.25) is 4.79 Å². The fourth-order valence-electron chi connectivity index (χ4n) is 2.69. The number of hydrogen-bond donors (Lipinski definition) is 0. The molecular weight excluding hydrogens is 352 g/mol. The summed E-state index contributed by atoms with van der Waals surface area (Å²) in [5, 5.41) is 0. The van der Waals surface area contributed by atoms with Crippen LogP contribution in [0.25, 0.3) is 0 Å². The van der Waals surface area contributed by atoms with Crippen molar-refractivity contribution in [2.24, 2.45) is 0 Å². The Balaban J connectivity index is 1.76. The summed E-state index contributed by atoms with van der Waals surface area (Å²) in [7, 11) is 0. The van der Waals surface area contributed by atoms with Gasteiger partial charge in [0, 0.05) is 13.1 Å². The Labute approximate surface area is 146 Å². The number of fused-ring (bicyclic) bond motifs is 1. The highest BCUT2D eigenvalue weighted by atomic mass is 19.4. The predicted octanol–water partition coefficient (Wildman–Crippen LogP) is 4.26. The van der Waals surface area contributed by atoms with Crippen LogP contribution in [0, 0.1) is 0 Å². The second-order valence-corrected chi connectivity index (χ2v) is 5.79. The fourth-order valence-corrected chi connectivity index (χ4v) is 2.69.